The fourth-order valence-electron chi connectivity index (χ4n) is 3.40. The van der Waals surface area contributed by atoms with Crippen LogP contribution in [0.2, 0.25) is 0 Å². The number of hydrogen-bond donors (Lipinski definition) is 1. The van der Waals surface area contributed by atoms with Crippen molar-refractivity contribution in [2.75, 3.05) is 18.4 Å². The van der Waals surface area contributed by atoms with Gasteiger partial charge < -0.3 is 14.7 Å². The quantitative estimate of drug-likeness (QED) is 0.693. The van der Waals surface area contributed by atoms with Crippen LogP contribution in [0.15, 0.2) is 47.4 Å². The monoisotopic (exact) mass is 406 g/mol. The maximum Gasteiger partial charge on any atom is 0.274 e. The Balaban J connectivity index is 1.40. The molecule has 1 N–H and O–H groups in total. The van der Waals surface area contributed by atoms with Crippen molar-refractivity contribution in [3.05, 3.63) is 54.4 Å². The Kier molecular flexibility index (Phi) is 5.78. The van der Waals surface area contributed by atoms with Gasteiger partial charge in [-0.25, -0.2) is 4.98 Å². The van der Waals surface area contributed by atoms with Gasteiger partial charge in [0.15, 0.2) is 0 Å². The molecular formula is C21H22N6O3. The molecule has 9 nitrogen and oxygen atoms in total. The van der Waals surface area contributed by atoms with Gasteiger partial charge in [-0.15, -0.1) is 0 Å². The molecule has 0 radical (unpaired) electrons. The highest BCUT2D eigenvalue weighted by atomic mass is 16.5. The van der Waals surface area contributed by atoms with Crippen LogP contribution >= 0.6 is 0 Å². The highest BCUT2D eigenvalue weighted by Gasteiger charge is 2.28. The van der Waals surface area contributed by atoms with Crippen LogP contribution in [0.4, 0.5) is 5.69 Å². The zero-order valence-electron chi connectivity index (χ0n) is 16.6. The third kappa shape index (κ3) is 4.35. The van der Waals surface area contributed by atoms with Crippen molar-refractivity contribution in [1.29, 1.82) is 0 Å². The first-order chi connectivity index (χ1) is 14.6. The Morgan fingerprint density at radius 1 is 1.23 bits per heavy atom. The molecule has 0 aliphatic carbocycles. The standard InChI is InChI=1S/C21H22N6O3/c1-2-18(28)24-16-5-3-4-15(12-16)19-25-20(30-26-19)14-6-10-27(11-7-14)21(29)17-13-22-8-9-23-17/h3-5,8-9,12-14H,2,6-7,10-11H2,1H3,(H,24,28). The zero-order chi connectivity index (χ0) is 20.9. The molecule has 2 aromatic heterocycles. The fraction of sp³-hybridized carbons (Fsp3) is 0.333. The van der Waals surface area contributed by atoms with Gasteiger partial charge in [0.1, 0.15) is 5.69 Å². The van der Waals surface area contributed by atoms with Crippen molar-refractivity contribution in [3.8, 4) is 11.4 Å². The van der Waals surface area contributed by atoms with Crippen LogP contribution < -0.4 is 5.32 Å². The molecule has 30 heavy (non-hydrogen) atoms. The number of piperidine rings is 1. The van der Waals surface area contributed by atoms with Crippen LogP contribution in [0.1, 0.15) is 48.5 Å². The van der Waals surface area contributed by atoms with E-state index in [1.54, 1.807) is 18.0 Å². The van der Waals surface area contributed by atoms with Gasteiger partial charge in [0.2, 0.25) is 17.6 Å². The van der Waals surface area contributed by atoms with E-state index >= 15 is 0 Å². The number of hydrogen-bond acceptors (Lipinski definition) is 7. The predicted octanol–water partition coefficient (Wildman–Crippen LogP) is 2.89. The minimum absolute atomic E-state index is 0.0521. The first-order valence-electron chi connectivity index (χ1n) is 9.93. The molecule has 3 heterocycles. The Morgan fingerprint density at radius 3 is 2.80 bits per heavy atom. The number of likely N-dealkylation sites (tertiary alicyclic amines) is 1. The number of rotatable bonds is 5. The van der Waals surface area contributed by atoms with Crippen LogP contribution in [-0.4, -0.2) is 49.9 Å². The van der Waals surface area contributed by atoms with Gasteiger partial charge in [-0.1, -0.05) is 24.2 Å². The number of aromatic nitrogens is 4. The van der Waals surface area contributed by atoms with E-state index in [2.05, 4.69) is 25.4 Å². The number of anilines is 1. The lowest BCUT2D eigenvalue weighted by Crippen LogP contribution is -2.38. The fourth-order valence-corrected chi connectivity index (χ4v) is 3.40. The Bertz CT molecular complexity index is 1030. The van der Waals surface area contributed by atoms with E-state index in [4.69, 9.17) is 4.52 Å². The van der Waals surface area contributed by atoms with Crippen molar-refractivity contribution in [2.24, 2.45) is 0 Å². The van der Waals surface area contributed by atoms with Crippen LogP contribution in [0.25, 0.3) is 11.4 Å². The van der Waals surface area contributed by atoms with Gasteiger partial charge >= 0.3 is 0 Å². The maximum absolute atomic E-state index is 12.5. The molecule has 0 spiro atoms. The summed E-state index contributed by atoms with van der Waals surface area (Å²) in [6.07, 6.45) is 6.43. The van der Waals surface area contributed by atoms with E-state index in [-0.39, 0.29) is 17.7 Å². The van der Waals surface area contributed by atoms with Crippen LogP contribution in [0.3, 0.4) is 0 Å². The van der Waals surface area contributed by atoms with E-state index in [1.165, 1.54) is 12.4 Å². The Hall–Kier alpha value is -3.62. The maximum atomic E-state index is 12.5. The highest BCUT2D eigenvalue weighted by Crippen LogP contribution is 2.29. The summed E-state index contributed by atoms with van der Waals surface area (Å²) in [6.45, 7) is 2.99. The van der Waals surface area contributed by atoms with Crippen molar-refractivity contribution < 1.29 is 14.1 Å². The molecule has 1 fully saturated rings. The molecule has 1 aliphatic heterocycles. The molecule has 0 unspecified atom stereocenters. The van der Waals surface area contributed by atoms with Crippen LogP contribution in [-0.2, 0) is 4.79 Å². The van der Waals surface area contributed by atoms with Crippen LogP contribution in [0.5, 0.6) is 0 Å². The molecular weight excluding hydrogens is 384 g/mol. The van der Waals surface area contributed by atoms with E-state index in [0.29, 0.717) is 42.6 Å². The topological polar surface area (TPSA) is 114 Å². The lowest BCUT2D eigenvalue weighted by atomic mass is 9.96. The lowest BCUT2D eigenvalue weighted by molar-refractivity contribution is -0.115. The van der Waals surface area contributed by atoms with E-state index in [9.17, 15) is 9.59 Å². The van der Waals surface area contributed by atoms with Crippen LogP contribution in [0, 0.1) is 0 Å². The summed E-state index contributed by atoms with van der Waals surface area (Å²) in [5.41, 5.74) is 1.82. The molecule has 3 aromatic rings. The number of benzene rings is 1. The number of amides is 2. The van der Waals surface area contributed by atoms with Gasteiger partial charge in [-0.05, 0) is 25.0 Å². The third-order valence-corrected chi connectivity index (χ3v) is 5.08. The van der Waals surface area contributed by atoms with Gasteiger partial charge in [0, 0.05) is 49.1 Å². The molecule has 1 aliphatic rings. The second-order valence-electron chi connectivity index (χ2n) is 7.10. The molecule has 0 bridgehead atoms. The van der Waals surface area contributed by atoms with Gasteiger partial charge in [0.05, 0.1) is 6.20 Å². The highest BCUT2D eigenvalue weighted by molar-refractivity contribution is 5.92. The first-order valence-corrected chi connectivity index (χ1v) is 9.93. The SMILES string of the molecule is CCC(=O)Nc1cccc(-c2noc(C3CCN(C(=O)c4cnccn4)CC3)n2)c1. The summed E-state index contributed by atoms with van der Waals surface area (Å²) in [6, 6.07) is 7.36. The summed E-state index contributed by atoms with van der Waals surface area (Å²) in [4.78, 5) is 38.5. The molecule has 1 saturated heterocycles. The largest absolute Gasteiger partial charge is 0.339 e. The molecule has 9 heteroatoms. The summed E-state index contributed by atoms with van der Waals surface area (Å²) in [5, 5.41) is 6.93. The smallest absolute Gasteiger partial charge is 0.274 e. The predicted molar refractivity (Wildman–Crippen MR) is 109 cm³/mol. The number of carbonyl (C=O) groups is 2. The van der Waals surface area contributed by atoms with Crippen molar-refractivity contribution in [2.45, 2.75) is 32.1 Å². The Labute approximate surface area is 173 Å². The molecule has 4 rings (SSSR count). The summed E-state index contributed by atoms with van der Waals surface area (Å²) in [5.74, 6) is 0.984. The minimum Gasteiger partial charge on any atom is -0.339 e. The van der Waals surface area contributed by atoms with E-state index in [1.807, 2.05) is 24.3 Å². The summed E-state index contributed by atoms with van der Waals surface area (Å²) >= 11 is 0. The van der Waals surface area contributed by atoms with E-state index in [0.717, 1.165) is 18.4 Å². The van der Waals surface area contributed by atoms with Crippen molar-refractivity contribution in [3.63, 3.8) is 0 Å². The van der Waals surface area contributed by atoms with Crippen molar-refractivity contribution in [1.82, 2.24) is 25.0 Å². The first kappa shape index (κ1) is 19.7. The minimum atomic E-state index is -0.112. The molecule has 0 atom stereocenters. The van der Waals surface area contributed by atoms with Crippen molar-refractivity contribution >= 4 is 17.5 Å². The second kappa shape index (κ2) is 8.81. The third-order valence-electron chi connectivity index (χ3n) is 5.08. The Morgan fingerprint density at radius 2 is 2.07 bits per heavy atom. The number of nitrogens with one attached hydrogen (secondary N) is 1. The number of carbonyl (C=O) groups excluding carboxylic acids is 2. The normalized spacial score (nSPS) is 14.5. The zero-order valence-corrected chi connectivity index (χ0v) is 16.6. The molecule has 0 saturated carbocycles. The molecule has 1 aromatic carbocycles. The molecule has 2 amide bonds. The van der Waals surface area contributed by atoms with E-state index < -0.39 is 0 Å². The average Bonchev–Trinajstić information content (AvgIpc) is 3.30. The number of nitrogens with zero attached hydrogens (tertiary/aromatic N) is 5. The van der Waals surface area contributed by atoms with Gasteiger partial charge in [-0.3, -0.25) is 14.6 Å². The van der Waals surface area contributed by atoms with Gasteiger partial charge in [-0.2, -0.15) is 4.98 Å². The summed E-state index contributed by atoms with van der Waals surface area (Å²) < 4.78 is 5.51. The second-order valence-corrected chi connectivity index (χ2v) is 7.10. The molecule has 154 valence electrons. The van der Waals surface area contributed by atoms with Gasteiger partial charge in [0.25, 0.3) is 5.91 Å². The lowest BCUT2D eigenvalue weighted by Gasteiger charge is -2.30. The average molecular weight is 406 g/mol. The summed E-state index contributed by atoms with van der Waals surface area (Å²) in [7, 11) is 0.